The molecule has 8 heavy (non-hydrogen) atoms. The first-order valence-corrected chi connectivity index (χ1v) is 0. The zero-order valence-corrected chi connectivity index (χ0v) is 7.52. The van der Waals surface area contributed by atoms with E-state index in [1.165, 1.54) is 0 Å². The second-order valence-electron chi connectivity index (χ2n) is 0. The van der Waals surface area contributed by atoms with E-state index in [0.717, 1.165) is 0 Å². The molecule has 0 atom stereocenters. The van der Waals surface area contributed by atoms with Crippen molar-refractivity contribution in [1.82, 2.24) is 0 Å². The molecular formula is H4Al2Cl2O4. The minimum atomic E-state index is 0. The molecule has 8 heteroatoms. The first-order chi connectivity index (χ1) is 0. The van der Waals surface area contributed by atoms with E-state index < -0.39 is 0 Å². The third-order valence-electron chi connectivity index (χ3n) is 0. The van der Waals surface area contributed by atoms with Crippen LogP contribution in [0.2, 0.25) is 0 Å². The zero-order valence-electron chi connectivity index (χ0n) is 3.70. The van der Waals surface area contributed by atoms with Crippen molar-refractivity contribution in [3.63, 3.8) is 0 Å². The van der Waals surface area contributed by atoms with Crippen molar-refractivity contribution in [3.8, 4) is 0 Å². The predicted molar refractivity (Wildman–Crippen MR) is 19.3 cm³/mol. The molecule has 0 aliphatic rings. The number of hydrogen-bond acceptors (Lipinski definition) is 4. The molecule has 0 aromatic heterocycles. The Hall–Kier alpha value is 1.48. The number of hydrogen-bond donors (Lipinski definition) is 0. The van der Waals surface area contributed by atoms with Crippen molar-refractivity contribution in [2.75, 3.05) is 0 Å². The average Bonchev–Trinajstić information content (AvgIpc) is 0. The minimum absolute atomic E-state index is 0. The maximum atomic E-state index is 0. The van der Waals surface area contributed by atoms with E-state index in [1.54, 1.807) is 0 Å². The summed E-state index contributed by atoms with van der Waals surface area (Å²) in [5.41, 5.74) is 0. The van der Waals surface area contributed by atoms with E-state index in [0.29, 0.717) is 0 Å². The molecule has 0 rings (SSSR count). The second-order valence-corrected chi connectivity index (χ2v) is 0. The Morgan fingerprint density at radius 2 is 0.375 bits per heavy atom. The van der Waals surface area contributed by atoms with Crippen LogP contribution in [0.25, 0.3) is 0 Å². The molecule has 0 amide bonds. The van der Waals surface area contributed by atoms with Crippen molar-refractivity contribution in [2.45, 2.75) is 0 Å². The molecule has 0 unspecified atom stereocenters. The quantitative estimate of drug-likeness (QED) is 0.354. The van der Waals surface area contributed by atoms with Gasteiger partial charge in [-0.1, -0.05) is 0 Å². The van der Waals surface area contributed by atoms with Gasteiger partial charge in [0, 0.05) is 0 Å². The molecule has 0 fully saturated rings. The fourth-order valence-corrected chi connectivity index (χ4v) is 0. The fourth-order valence-electron chi connectivity index (χ4n) is 0. The third-order valence-corrected chi connectivity index (χ3v) is 0. The van der Waals surface area contributed by atoms with Gasteiger partial charge in [0.2, 0.25) is 0 Å². The summed E-state index contributed by atoms with van der Waals surface area (Å²) in [6.07, 6.45) is 0. The molecule has 48 valence electrons. The summed E-state index contributed by atoms with van der Waals surface area (Å²) in [6.45, 7) is 0. The maximum Gasteiger partial charge on any atom is 3.00 e. The Kier molecular flexibility index (Phi) is 8350. The standard InChI is InChI=1S/2Al.2ClH.4H2O/h;;2*1H;4*1H2/q2*+3;;;;;;/p-6. The van der Waals surface area contributed by atoms with E-state index in [9.17, 15) is 0 Å². The Morgan fingerprint density at radius 3 is 0.375 bits per heavy atom. The molecule has 0 aromatic carbocycles. The Balaban J connectivity index is 0. The third kappa shape index (κ3) is 143. The van der Waals surface area contributed by atoms with Crippen LogP contribution in [0.4, 0.5) is 0 Å². The molecule has 0 heterocycles. The number of halogens is 2. The molecule has 0 saturated heterocycles. The predicted octanol–water partition coefficient (Wildman–Crippen LogP) is -7.46. The summed E-state index contributed by atoms with van der Waals surface area (Å²) in [5.74, 6) is 0. The van der Waals surface area contributed by atoms with Crippen molar-refractivity contribution in [3.05, 3.63) is 0 Å². The molecule has 0 aliphatic heterocycles. The summed E-state index contributed by atoms with van der Waals surface area (Å²) in [6, 6.07) is 0. The monoisotopic (exact) mass is 192 g/mol. The van der Waals surface area contributed by atoms with Gasteiger partial charge in [-0.3, -0.25) is 0 Å². The van der Waals surface area contributed by atoms with Crippen LogP contribution in [-0.4, -0.2) is 56.6 Å². The fraction of sp³-hybridized carbons (Fsp3) is 0. The van der Waals surface area contributed by atoms with Crippen molar-refractivity contribution in [1.29, 1.82) is 0 Å². The van der Waals surface area contributed by atoms with Crippen LogP contribution < -0.4 is 24.8 Å². The molecule has 4 nitrogen and oxygen atoms in total. The molecule has 0 bridgehead atoms. The molecule has 0 saturated carbocycles. The van der Waals surface area contributed by atoms with Gasteiger partial charge in [-0.25, -0.2) is 0 Å². The van der Waals surface area contributed by atoms with Crippen LogP contribution in [0.3, 0.4) is 0 Å². The van der Waals surface area contributed by atoms with Crippen molar-refractivity contribution in [2.24, 2.45) is 0 Å². The van der Waals surface area contributed by atoms with Gasteiger partial charge in [0.15, 0.2) is 0 Å². The smallest absolute Gasteiger partial charge is 1.00 e. The SMILES string of the molecule is [Al+3].[Al+3].[Cl-].[Cl-].[OH-].[OH-].[OH-].[OH-]. The minimum Gasteiger partial charge on any atom is -1.00 e. The van der Waals surface area contributed by atoms with Crippen LogP contribution in [0.15, 0.2) is 0 Å². The van der Waals surface area contributed by atoms with Crippen LogP contribution in [0, 0.1) is 0 Å². The van der Waals surface area contributed by atoms with Gasteiger partial charge in [-0.15, -0.1) is 0 Å². The molecule has 0 aromatic rings. The summed E-state index contributed by atoms with van der Waals surface area (Å²) in [7, 11) is 0. The van der Waals surface area contributed by atoms with E-state index >= 15 is 0 Å². The molecule has 4 N–H and O–H groups in total. The molecule has 0 radical (unpaired) electrons. The van der Waals surface area contributed by atoms with E-state index in [-0.39, 0.29) is 81.4 Å². The molecular weight excluding hydrogens is 189 g/mol. The first kappa shape index (κ1) is 310. The van der Waals surface area contributed by atoms with Gasteiger partial charge in [-0.05, 0) is 0 Å². The largest absolute Gasteiger partial charge is 3.00 e. The van der Waals surface area contributed by atoms with Gasteiger partial charge in [0.25, 0.3) is 0 Å². The summed E-state index contributed by atoms with van der Waals surface area (Å²) < 4.78 is 0. The zero-order chi connectivity index (χ0) is 0. The maximum absolute atomic E-state index is 0. The Morgan fingerprint density at radius 1 is 0.375 bits per heavy atom. The summed E-state index contributed by atoms with van der Waals surface area (Å²) in [5, 5.41) is 0. The summed E-state index contributed by atoms with van der Waals surface area (Å²) >= 11 is 0. The van der Waals surface area contributed by atoms with Gasteiger partial charge in [0.05, 0.1) is 0 Å². The van der Waals surface area contributed by atoms with Gasteiger partial charge in [-0.2, -0.15) is 0 Å². The summed E-state index contributed by atoms with van der Waals surface area (Å²) in [4.78, 5) is 0. The van der Waals surface area contributed by atoms with Crippen LogP contribution in [0.1, 0.15) is 0 Å². The molecule has 0 aliphatic carbocycles. The Bertz CT molecular complexity index is 12.0. The topological polar surface area (TPSA) is 120 Å². The van der Waals surface area contributed by atoms with Gasteiger partial charge in [0.1, 0.15) is 0 Å². The van der Waals surface area contributed by atoms with Crippen LogP contribution in [-0.2, 0) is 0 Å². The van der Waals surface area contributed by atoms with Gasteiger partial charge < -0.3 is 46.7 Å². The van der Waals surface area contributed by atoms with Crippen LogP contribution >= 0.6 is 0 Å². The second kappa shape index (κ2) is 216. The van der Waals surface area contributed by atoms with Crippen molar-refractivity contribution >= 4 is 34.7 Å². The average molecular weight is 193 g/mol. The van der Waals surface area contributed by atoms with E-state index in [1.807, 2.05) is 0 Å². The van der Waals surface area contributed by atoms with Crippen LogP contribution in [0.5, 0.6) is 0 Å². The normalized spacial score (nSPS) is 0. The number of rotatable bonds is 0. The van der Waals surface area contributed by atoms with E-state index in [4.69, 9.17) is 0 Å². The van der Waals surface area contributed by atoms with E-state index in [2.05, 4.69) is 0 Å². The molecule has 0 spiro atoms. The van der Waals surface area contributed by atoms with Gasteiger partial charge >= 0.3 is 34.7 Å². The Labute approximate surface area is 81.3 Å². The van der Waals surface area contributed by atoms with Crippen molar-refractivity contribution < 1.29 is 46.7 Å². The first-order valence-electron chi connectivity index (χ1n) is 0.